The van der Waals surface area contributed by atoms with Crippen LogP contribution in [-0.2, 0) is 32.3 Å². The maximum atomic E-state index is 11.9. The zero-order valence-corrected chi connectivity index (χ0v) is 19.5. The maximum absolute atomic E-state index is 11.9. The average molecular weight is 483 g/mol. The Morgan fingerprint density at radius 3 is 1.11 bits per heavy atom. The molecule has 4 rings (SSSR count). The van der Waals surface area contributed by atoms with Crippen LogP contribution in [0.3, 0.4) is 0 Å². The van der Waals surface area contributed by atoms with E-state index in [0.717, 1.165) is 33.4 Å². The molecule has 6 heteroatoms. The third-order valence-corrected chi connectivity index (χ3v) is 5.74. The highest BCUT2D eigenvalue weighted by molar-refractivity contribution is 5.83. The van der Waals surface area contributed by atoms with Gasteiger partial charge in [0.1, 0.15) is 0 Å². The highest BCUT2D eigenvalue weighted by Crippen LogP contribution is 2.22. The number of hydrogen-bond donors (Lipinski definition) is 2. The third kappa shape index (κ3) is 6.44. The first-order valence-electron chi connectivity index (χ1n) is 11.5. The summed E-state index contributed by atoms with van der Waals surface area (Å²) in [6.45, 7) is -0.129. The molecule has 0 aliphatic heterocycles. The second-order valence-corrected chi connectivity index (χ2v) is 8.27. The van der Waals surface area contributed by atoms with Gasteiger partial charge < -0.3 is 19.7 Å². The van der Waals surface area contributed by atoms with E-state index >= 15 is 0 Å². The molecule has 0 unspecified atom stereocenters. The SMILES string of the molecule is O=C(O)[C@@H](OCc1ccc(-c2ccccc2)cc1)[C@H](OCc1ccc(-c2ccccc2)cc1)C(=O)O. The van der Waals surface area contributed by atoms with Crippen LogP contribution in [0.1, 0.15) is 11.1 Å². The lowest BCUT2D eigenvalue weighted by atomic mass is 10.0. The van der Waals surface area contributed by atoms with E-state index in [1.54, 1.807) is 0 Å². The molecule has 4 aromatic carbocycles. The van der Waals surface area contributed by atoms with Gasteiger partial charge in [-0.2, -0.15) is 0 Å². The minimum absolute atomic E-state index is 0.0645. The first-order chi connectivity index (χ1) is 17.5. The van der Waals surface area contributed by atoms with Gasteiger partial charge in [0.05, 0.1) is 13.2 Å². The third-order valence-electron chi connectivity index (χ3n) is 5.74. The van der Waals surface area contributed by atoms with Gasteiger partial charge in [-0.1, -0.05) is 109 Å². The number of hydrogen-bond acceptors (Lipinski definition) is 4. The average Bonchev–Trinajstić information content (AvgIpc) is 2.92. The first kappa shape index (κ1) is 24.9. The fourth-order valence-corrected chi connectivity index (χ4v) is 3.80. The zero-order valence-electron chi connectivity index (χ0n) is 19.5. The summed E-state index contributed by atoms with van der Waals surface area (Å²) in [4.78, 5) is 23.7. The minimum atomic E-state index is -1.67. The summed E-state index contributed by atoms with van der Waals surface area (Å²) in [5.74, 6) is -2.80. The van der Waals surface area contributed by atoms with Crippen LogP contribution in [0.15, 0.2) is 109 Å². The Kier molecular flexibility index (Phi) is 8.24. The predicted molar refractivity (Wildman–Crippen MR) is 136 cm³/mol. The Labute approximate surface area is 209 Å². The zero-order chi connectivity index (χ0) is 25.3. The van der Waals surface area contributed by atoms with Crippen LogP contribution in [0.4, 0.5) is 0 Å². The normalized spacial score (nSPS) is 12.6. The van der Waals surface area contributed by atoms with Crippen LogP contribution in [0, 0.1) is 0 Å². The van der Waals surface area contributed by atoms with E-state index in [9.17, 15) is 19.8 Å². The molecule has 36 heavy (non-hydrogen) atoms. The lowest BCUT2D eigenvalue weighted by Gasteiger charge is -2.21. The molecule has 0 bridgehead atoms. The van der Waals surface area contributed by atoms with Crippen molar-refractivity contribution < 1.29 is 29.3 Å². The Hall–Kier alpha value is -4.26. The van der Waals surface area contributed by atoms with Crippen molar-refractivity contribution in [3.05, 3.63) is 120 Å². The molecule has 0 saturated carbocycles. The van der Waals surface area contributed by atoms with Gasteiger partial charge in [0.2, 0.25) is 0 Å². The second kappa shape index (κ2) is 11.9. The van der Waals surface area contributed by atoms with E-state index in [-0.39, 0.29) is 13.2 Å². The smallest absolute Gasteiger partial charge is 0.336 e. The predicted octanol–water partition coefficient (Wildman–Crippen LogP) is 5.66. The Balaban J connectivity index is 1.38. The molecule has 2 N–H and O–H groups in total. The van der Waals surface area contributed by atoms with Crippen molar-refractivity contribution in [2.45, 2.75) is 25.4 Å². The number of carboxylic acids is 2. The molecule has 2 atom stereocenters. The van der Waals surface area contributed by atoms with Crippen LogP contribution in [0.25, 0.3) is 22.3 Å². The van der Waals surface area contributed by atoms with Crippen LogP contribution in [0.2, 0.25) is 0 Å². The second-order valence-electron chi connectivity index (χ2n) is 8.27. The molecule has 0 aromatic heterocycles. The standard InChI is InChI=1S/C30H26O6/c31-29(32)27(35-19-21-11-15-25(16-12-21)23-7-3-1-4-8-23)28(30(33)34)36-20-22-13-17-26(18-14-22)24-9-5-2-6-10-24/h1-18,27-28H,19-20H2,(H,31,32)(H,33,34)/t27-,28-/m0/s1. The molecule has 0 radical (unpaired) electrons. The number of rotatable bonds is 11. The van der Waals surface area contributed by atoms with Gasteiger partial charge in [0, 0.05) is 0 Å². The summed E-state index contributed by atoms with van der Waals surface area (Å²) in [5, 5.41) is 19.3. The molecule has 0 saturated heterocycles. The molecule has 0 aliphatic carbocycles. The summed E-state index contributed by atoms with van der Waals surface area (Å²) in [6.07, 6.45) is -3.33. The summed E-state index contributed by atoms with van der Waals surface area (Å²) in [7, 11) is 0. The van der Waals surface area contributed by atoms with Crippen molar-refractivity contribution in [3.8, 4) is 22.3 Å². The molecule has 0 aliphatic rings. The quantitative estimate of drug-likeness (QED) is 0.287. The summed E-state index contributed by atoms with van der Waals surface area (Å²) >= 11 is 0. The fourth-order valence-electron chi connectivity index (χ4n) is 3.80. The van der Waals surface area contributed by atoms with Crippen molar-refractivity contribution in [2.75, 3.05) is 0 Å². The Morgan fingerprint density at radius 2 is 0.806 bits per heavy atom. The molecular formula is C30H26O6. The van der Waals surface area contributed by atoms with Crippen LogP contribution in [0.5, 0.6) is 0 Å². The van der Waals surface area contributed by atoms with Gasteiger partial charge in [0.15, 0.2) is 12.2 Å². The molecule has 0 amide bonds. The molecule has 0 fully saturated rings. The van der Waals surface area contributed by atoms with E-state index in [0.29, 0.717) is 0 Å². The number of carboxylic acid groups (broad SMARTS) is 2. The number of aliphatic carboxylic acids is 2. The first-order valence-corrected chi connectivity index (χ1v) is 11.5. The molecule has 0 heterocycles. The van der Waals surface area contributed by atoms with Crippen molar-refractivity contribution in [1.29, 1.82) is 0 Å². The summed E-state index contributed by atoms with van der Waals surface area (Å²) in [6, 6.07) is 34.6. The van der Waals surface area contributed by atoms with Gasteiger partial charge >= 0.3 is 11.9 Å². The molecular weight excluding hydrogens is 456 g/mol. The van der Waals surface area contributed by atoms with E-state index in [2.05, 4.69) is 0 Å². The molecule has 182 valence electrons. The van der Waals surface area contributed by atoms with Crippen molar-refractivity contribution in [2.24, 2.45) is 0 Å². The number of ether oxygens (including phenoxy) is 2. The summed E-state index contributed by atoms with van der Waals surface area (Å²) in [5.41, 5.74) is 5.59. The van der Waals surface area contributed by atoms with E-state index in [4.69, 9.17) is 9.47 Å². The number of benzene rings is 4. The lowest BCUT2D eigenvalue weighted by molar-refractivity contribution is -0.179. The highest BCUT2D eigenvalue weighted by Gasteiger charge is 2.36. The molecule has 0 spiro atoms. The van der Waals surface area contributed by atoms with Gasteiger partial charge in [-0.05, 0) is 33.4 Å². The van der Waals surface area contributed by atoms with Gasteiger partial charge in [-0.25, -0.2) is 9.59 Å². The van der Waals surface area contributed by atoms with E-state index in [1.165, 1.54) is 0 Å². The topological polar surface area (TPSA) is 93.1 Å². The van der Waals surface area contributed by atoms with Gasteiger partial charge in [0.25, 0.3) is 0 Å². The van der Waals surface area contributed by atoms with Crippen LogP contribution in [-0.4, -0.2) is 34.4 Å². The van der Waals surface area contributed by atoms with Crippen molar-refractivity contribution >= 4 is 11.9 Å². The lowest BCUT2D eigenvalue weighted by Crippen LogP contribution is -2.43. The fraction of sp³-hybridized carbons (Fsp3) is 0.133. The van der Waals surface area contributed by atoms with Crippen LogP contribution < -0.4 is 0 Å². The van der Waals surface area contributed by atoms with Gasteiger partial charge in [-0.15, -0.1) is 0 Å². The Morgan fingerprint density at radius 1 is 0.500 bits per heavy atom. The van der Waals surface area contributed by atoms with Crippen LogP contribution >= 0.6 is 0 Å². The van der Waals surface area contributed by atoms with E-state index in [1.807, 2.05) is 109 Å². The highest BCUT2D eigenvalue weighted by atomic mass is 16.6. The Bertz CT molecular complexity index is 1170. The largest absolute Gasteiger partial charge is 0.479 e. The van der Waals surface area contributed by atoms with Crippen molar-refractivity contribution in [3.63, 3.8) is 0 Å². The van der Waals surface area contributed by atoms with Gasteiger partial charge in [-0.3, -0.25) is 0 Å². The molecule has 4 aromatic rings. The monoisotopic (exact) mass is 482 g/mol. The van der Waals surface area contributed by atoms with Crippen molar-refractivity contribution in [1.82, 2.24) is 0 Å². The van der Waals surface area contributed by atoms with E-state index < -0.39 is 24.1 Å². The number of carbonyl (C=O) groups is 2. The summed E-state index contributed by atoms with van der Waals surface area (Å²) < 4.78 is 11.0. The minimum Gasteiger partial charge on any atom is -0.479 e. The maximum Gasteiger partial charge on any atom is 0.336 e. The molecule has 6 nitrogen and oxygen atoms in total.